The molecule has 2 N–H and O–H groups in total. The van der Waals surface area contributed by atoms with E-state index in [9.17, 15) is 27.5 Å². The summed E-state index contributed by atoms with van der Waals surface area (Å²) in [6, 6.07) is 12.9. The van der Waals surface area contributed by atoms with Crippen LogP contribution in [0.5, 0.6) is 5.75 Å². The maximum absolute atomic E-state index is 15.0. The summed E-state index contributed by atoms with van der Waals surface area (Å²) in [6.07, 6.45) is -1.57. The van der Waals surface area contributed by atoms with E-state index in [0.29, 0.717) is 42.9 Å². The number of hydrogen-bond donors (Lipinski definition) is 2. The van der Waals surface area contributed by atoms with Gasteiger partial charge in [-0.3, -0.25) is 14.7 Å². The molecule has 3 aromatic rings. The molecule has 1 aromatic heterocycles. The number of aromatic nitrogens is 1. The zero-order chi connectivity index (χ0) is 25.9. The second-order valence-electron chi connectivity index (χ2n) is 8.71. The zero-order valence-corrected chi connectivity index (χ0v) is 19.6. The monoisotopic (exact) mass is 502 g/mol. The summed E-state index contributed by atoms with van der Waals surface area (Å²) in [4.78, 5) is 20.1. The van der Waals surface area contributed by atoms with Gasteiger partial charge in [-0.15, -0.1) is 0 Å². The van der Waals surface area contributed by atoms with Crippen LogP contribution >= 0.6 is 0 Å². The average Bonchev–Trinajstić information content (AvgIpc) is 2.86. The molecule has 6 nitrogen and oxygen atoms in total. The van der Waals surface area contributed by atoms with Crippen molar-refractivity contribution in [3.8, 4) is 16.9 Å². The van der Waals surface area contributed by atoms with Gasteiger partial charge in [-0.05, 0) is 48.9 Å². The Kier molecular flexibility index (Phi) is 7.44. The van der Waals surface area contributed by atoms with Crippen molar-refractivity contribution in [2.75, 3.05) is 37.6 Å². The zero-order valence-electron chi connectivity index (χ0n) is 19.6. The number of amides is 1. The SMILES string of the molecule is CC(c1ccc(-c2cncc(O)c2)cc1F)N1CCN(c2ccc(C(=O)NCC(F)(F)F)cc2)CC1. The Morgan fingerprint density at radius 3 is 2.33 bits per heavy atom. The molecule has 1 saturated heterocycles. The van der Waals surface area contributed by atoms with Crippen molar-refractivity contribution in [2.45, 2.75) is 19.1 Å². The second-order valence-corrected chi connectivity index (χ2v) is 8.71. The molecule has 0 saturated carbocycles. The first-order valence-corrected chi connectivity index (χ1v) is 11.5. The average molecular weight is 503 g/mol. The number of halogens is 4. The van der Waals surface area contributed by atoms with E-state index in [0.717, 1.165) is 5.69 Å². The van der Waals surface area contributed by atoms with Gasteiger partial charge in [0.25, 0.3) is 5.91 Å². The highest BCUT2D eigenvalue weighted by molar-refractivity contribution is 5.94. The van der Waals surface area contributed by atoms with Crippen LogP contribution in [0.25, 0.3) is 11.1 Å². The van der Waals surface area contributed by atoms with Crippen LogP contribution < -0.4 is 10.2 Å². The molecule has 0 bridgehead atoms. The van der Waals surface area contributed by atoms with E-state index in [1.165, 1.54) is 30.5 Å². The minimum absolute atomic E-state index is 0.0163. The lowest BCUT2D eigenvalue weighted by Gasteiger charge is -2.39. The number of nitrogens with one attached hydrogen (secondary N) is 1. The third-order valence-corrected chi connectivity index (χ3v) is 6.31. The number of alkyl halides is 3. The molecule has 36 heavy (non-hydrogen) atoms. The summed E-state index contributed by atoms with van der Waals surface area (Å²) < 4.78 is 51.9. The predicted molar refractivity (Wildman–Crippen MR) is 128 cm³/mol. The van der Waals surface area contributed by atoms with Crippen molar-refractivity contribution in [1.29, 1.82) is 0 Å². The van der Waals surface area contributed by atoms with E-state index in [-0.39, 0.29) is 23.2 Å². The fourth-order valence-electron chi connectivity index (χ4n) is 4.30. The summed E-state index contributed by atoms with van der Waals surface area (Å²) >= 11 is 0. The van der Waals surface area contributed by atoms with E-state index in [1.54, 1.807) is 24.4 Å². The lowest BCUT2D eigenvalue weighted by atomic mass is 10.00. The highest BCUT2D eigenvalue weighted by Crippen LogP contribution is 2.30. The van der Waals surface area contributed by atoms with Crippen molar-refractivity contribution >= 4 is 11.6 Å². The highest BCUT2D eigenvalue weighted by atomic mass is 19.4. The Hall–Kier alpha value is -3.66. The Bertz CT molecular complexity index is 1210. The molecule has 2 heterocycles. The van der Waals surface area contributed by atoms with Crippen molar-refractivity contribution in [1.82, 2.24) is 15.2 Å². The molecule has 4 rings (SSSR count). The summed E-state index contributed by atoms with van der Waals surface area (Å²) in [7, 11) is 0. The van der Waals surface area contributed by atoms with Gasteiger partial charge in [-0.2, -0.15) is 13.2 Å². The number of hydrogen-bond acceptors (Lipinski definition) is 5. The van der Waals surface area contributed by atoms with Gasteiger partial charge in [-0.1, -0.05) is 12.1 Å². The van der Waals surface area contributed by atoms with Gasteiger partial charge in [0, 0.05) is 60.8 Å². The largest absolute Gasteiger partial charge is 0.506 e. The first-order chi connectivity index (χ1) is 17.1. The van der Waals surface area contributed by atoms with Gasteiger partial charge >= 0.3 is 6.18 Å². The van der Waals surface area contributed by atoms with Crippen molar-refractivity contribution < 1.29 is 27.5 Å². The topological polar surface area (TPSA) is 68.7 Å². The molecule has 1 fully saturated rings. The summed E-state index contributed by atoms with van der Waals surface area (Å²) in [6.45, 7) is 3.32. The van der Waals surface area contributed by atoms with E-state index in [1.807, 2.05) is 18.3 Å². The highest BCUT2D eigenvalue weighted by Gasteiger charge is 2.28. The Morgan fingerprint density at radius 2 is 1.72 bits per heavy atom. The van der Waals surface area contributed by atoms with Crippen LogP contribution in [0.1, 0.15) is 28.9 Å². The van der Waals surface area contributed by atoms with E-state index in [4.69, 9.17) is 0 Å². The maximum Gasteiger partial charge on any atom is 0.405 e. The van der Waals surface area contributed by atoms with Crippen LogP contribution in [0, 0.1) is 5.82 Å². The minimum Gasteiger partial charge on any atom is -0.506 e. The van der Waals surface area contributed by atoms with Crippen molar-refractivity contribution in [3.63, 3.8) is 0 Å². The Balaban J connectivity index is 1.35. The number of piperazine rings is 1. The normalized spacial score (nSPS) is 15.5. The van der Waals surface area contributed by atoms with Crippen LogP contribution in [0.2, 0.25) is 0 Å². The molecule has 0 radical (unpaired) electrons. The lowest BCUT2D eigenvalue weighted by Crippen LogP contribution is -2.47. The molecule has 10 heteroatoms. The number of rotatable bonds is 6. The van der Waals surface area contributed by atoms with Crippen LogP contribution in [0.3, 0.4) is 0 Å². The van der Waals surface area contributed by atoms with Gasteiger partial charge in [0.15, 0.2) is 0 Å². The number of benzene rings is 2. The van der Waals surface area contributed by atoms with E-state index < -0.39 is 18.6 Å². The van der Waals surface area contributed by atoms with Gasteiger partial charge < -0.3 is 15.3 Å². The summed E-state index contributed by atoms with van der Waals surface area (Å²) in [5.74, 6) is -1.08. The molecule has 0 aliphatic carbocycles. The first-order valence-electron chi connectivity index (χ1n) is 11.5. The summed E-state index contributed by atoms with van der Waals surface area (Å²) in [5, 5.41) is 11.5. The molecule has 1 unspecified atom stereocenters. The lowest BCUT2D eigenvalue weighted by molar-refractivity contribution is -0.123. The minimum atomic E-state index is -4.46. The number of nitrogens with zero attached hydrogens (tertiary/aromatic N) is 3. The van der Waals surface area contributed by atoms with Gasteiger partial charge in [-0.25, -0.2) is 4.39 Å². The Labute approximate surface area is 206 Å². The number of aromatic hydroxyl groups is 1. The van der Waals surface area contributed by atoms with Crippen molar-refractivity contribution in [2.24, 2.45) is 0 Å². The quantitative estimate of drug-likeness (QED) is 0.476. The number of carbonyl (C=O) groups is 1. The number of anilines is 1. The molecule has 0 spiro atoms. The predicted octanol–water partition coefficient (Wildman–Crippen LogP) is 4.77. The van der Waals surface area contributed by atoms with Gasteiger partial charge in [0.05, 0.1) is 6.20 Å². The molecule has 190 valence electrons. The third kappa shape index (κ3) is 6.12. The van der Waals surface area contributed by atoms with Crippen LogP contribution in [-0.4, -0.2) is 59.8 Å². The molecular formula is C26H26F4N4O2. The number of pyridine rings is 1. The second kappa shape index (κ2) is 10.5. The Morgan fingerprint density at radius 1 is 1.03 bits per heavy atom. The third-order valence-electron chi connectivity index (χ3n) is 6.31. The van der Waals surface area contributed by atoms with E-state index >= 15 is 0 Å². The maximum atomic E-state index is 15.0. The smallest absolute Gasteiger partial charge is 0.405 e. The van der Waals surface area contributed by atoms with E-state index in [2.05, 4.69) is 14.8 Å². The van der Waals surface area contributed by atoms with Crippen molar-refractivity contribution in [3.05, 3.63) is 77.9 Å². The summed E-state index contributed by atoms with van der Waals surface area (Å²) in [5.41, 5.74) is 2.87. The van der Waals surface area contributed by atoms with Crippen LogP contribution in [0.15, 0.2) is 60.9 Å². The first kappa shape index (κ1) is 25.4. The fourth-order valence-corrected chi connectivity index (χ4v) is 4.30. The molecule has 1 aliphatic heterocycles. The molecule has 1 aliphatic rings. The van der Waals surface area contributed by atoms with Crippen LogP contribution in [0.4, 0.5) is 23.2 Å². The molecular weight excluding hydrogens is 476 g/mol. The van der Waals surface area contributed by atoms with Gasteiger partial charge in [0.1, 0.15) is 18.1 Å². The fraction of sp³-hybridized carbons (Fsp3) is 0.308. The van der Waals surface area contributed by atoms with Crippen LogP contribution in [-0.2, 0) is 0 Å². The standard InChI is InChI=1S/C26H26F4N4O2/c1-17(23-7-4-19(13-24(23)27)20-12-22(35)15-31-14-20)33-8-10-34(11-9-33)21-5-2-18(3-6-21)25(36)32-16-26(28,29)30/h2-7,12-15,17,35H,8-11,16H2,1H3,(H,32,36). The molecule has 1 amide bonds. The molecule has 1 atom stereocenters. The molecule has 2 aromatic carbocycles. The number of carbonyl (C=O) groups excluding carboxylic acids is 1. The van der Waals surface area contributed by atoms with Gasteiger partial charge in [0.2, 0.25) is 0 Å².